The molecule has 5 heteroatoms. The predicted molar refractivity (Wildman–Crippen MR) is 87.9 cm³/mol. The Morgan fingerprint density at radius 3 is 2.74 bits per heavy atom. The van der Waals surface area contributed by atoms with Gasteiger partial charge in [-0.1, -0.05) is 37.6 Å². The minimum atomic E-state index is -0.831. The molecule has 1 aliphatic carbocycles. The normalized spacial score (nSPS) is 26.4. The third-order valence-electron chi connectivity index (χ3n) is 4.22. The van der Waals surface area contributed by atoms with Crippen molar-refractivity contribution in [2.45, 2.75) is 64.1 Å². The van der Waals surface area contributed by atoms with E-state index in [2.05, 4.69) is 0 Å². The SMILES string of the molecule is CC/C=C\C[C@H](O)/C=C/[C@@H]1[C@H](CCCCC(=O)O)C(=O)C[C@@H]1O. The van der Waals surface area contributed by atoms with E-state index in [0.29, 0.717) is 25.7 Å². The summed E-state index contributed by atoms with van der Waals surface area (Å²) in [6, 6.07) is 0. The van der Waals surface area contributed by atoms with Gasteiger partial charge >= 0.3 is 5.97 Å². The molecular weight excluding hydrogens is 296 g/mol. The standard InChI is InChI=1S/C18H28O5/c1-2-3-4-7-13(19)10-11-15-14(16(20)12-17(15)21)8-5-6-9-18(22)23/h3-4,10-11,13-15,17,19,21H,2,5-9,12H2,1H3,(H,22,23)/b4-3-,11-10+/t13-,14-,15+,17-/m0/s1. The summed E-state index contributed by atoms with van der Waals surface area (Å²) >= 11 is 0. The van der Waals surface area contributed by atoms with Crippen LogP contribution in [0, 0.1) is 11.8 Å². The maximum atomic E-state index is 12.0. The number of Topliss-reactive ketones (excluding diaryl/α,β-unsaturated/α-hetero) is 1. The van der Waals surface area contributed by atoms with Crippen LogP contribution in [0.2, 0.25) is 0 Å². The molecule has 3 N–H and O–H groups in total. The molecule has 130 valence electrons. The smallest absolute Gasteiger partial charge is 0.303 e. The van der Waals surface area contributed by atoms with E-state index in [1.807, 2.05) is 19.1 Å². The van der Waals surface area contributed by atoms with Crippen LogP contribution >= 0.6 is 0 Å². The zero-order chi connectivity index (χ0) is 17.2. The highest BCUT2D eigenvalue weighted by Crippen LogP contribution is 2.34. The number of aliphatic hydroxyl groups is 2. The van der Waals surface area contributed by atoms with Crippen molar-refractivity contribution in [3.8, 4) is 0 Å². The van der Waals surface area contributed by atoms with Crippen molar-refractivity contribution < 1.29 is 24.9 Å². The Balaban J connectivity index is 2.53. The maximum absolute atomic E-state index is 12.0. The molecule has 1 fully saturated rings. The van der Waals surface area contributed by atoms with Crippen molar-refractivity contribution in [1.29, 1.82) is 0 Å². The number of rotatable bonds is 10. The summed E-state index contributed by atoms with van der Waals surface area (Å²) in [5.41, 5.74) is 0. The third kappa shape index (κ3) is 7.10. The molecule has 0 bridgehead atoms. The average Bonchev–Trinajstić information content (AvgIpc) is 2.75. The number of unbranched alkanes of at least 4 members (excludes halogenated alkanes) is 1. The summed E-state index contributed by atoms with van der Waals surface area (Å²) in [6.07, 6.45) is 9.44. The molecule has 23 heavy (non-hydrogen) atoms. The molecular formula is C18H28O5. The van der Waals surface area contributed by atoms with E-state index in [4.69, 9.17) is 5.11 Å². The number of hydrogen-bond acceptors (Lipinski definition) is 4. The molecule has 0 aromatic heterocycles. The van der Waals surface area contributed by atoms with Crippen molar-refractivity contribution >= 4 is 11.8 Å². The molecule has 0 aliphatic heterocycles. The zero-order valence-electron chi connectivity index (χ0n) is 13.7. The lowest BCUT2D eigenvalue weighted by atomic mass is 9.88. The first-order valence-corrected chi connectivity index (χ1v) is 8.39. The van der Waals surface area contributed by atoms with Crippen LogP contribution in [0.4, 0.5) is 0 Å². The zero-order valence-corrected chi connectivity index (χ0v) is 13.7. The molecule has 0 amide bonds. The monoisotopic (exact) mass is 324 g/mol. The Labute approximate surface area is 137 Å². The molecule has 0 aromatic carbocycles. The summed E-state index contributed by atoms with van der Waals surface area (Å²) in [6.45, 7) is 2.02. The Morgan fingerprint density at radius 1 is 1.35 bits per heavy atom. The lowest BCUT2D eigenvalue weighted by Crippen LogP contribution is -2.19. The fraction of sp³-hybridized carbons (Fsp3) is 0.667. The molecule has 1 rings (SSSR count). The topological polar surface area (TPSA) is 94.8 Å². The molecule has 4 atom stereocenters. The average molecular weight is 324 g/mol. The molecule has 0 spiro atoms. The molecule has 5 nitrogen and oxygen atoms in total. The van der Waals surface area contributed by atoms with Crippen LogP contribution in [0.25, 0.3) is 0 Å². The number of carboxylic acid groups (broad SMARTS) is 1. The summed E-state index contributed by atoms with van der Waals surface area (Å²) in [5.74, 6) is -1.35. The molecule has 0 heterocycles. The van der Waals surface area contributed by atoms with Gasteiger partial charge in [0.15, 0.2) is 0 Å². The van der Waals surface area contributed by atoms with Gasteiger partial charge in [-0.15, -0.1) is 0 Å². The largest absolute Gasteiger partial charge is 0.481 e. The number of allylic oxidation sites excluding steroid dienone is 1. The number of ketones is 1. The Morgan fingerprint density at radius 2 is 2.09 bits per heavy atom. The van der Waals surface area contributed by atoms with Gasteiger partial charge in [-0.05, 0) is 25.7 Å². The fourth-order valence-corrected chi connectivity index (χ4v) is 2.97. The van der Waals surface area contributed by atoms with E-state index in [9.17, 15) is 19.8 Å². The van der Waals surface area contributed by atoms with Gasteiger partial charge in [0.05, 0.1) is 12.2 Å². The highest BCUT2D eigenvalue weighted by atomic mass is 16.4. The van der Waals surface area contributed by atoms with Crippen LogP contribution in [-0.4, -0.2) is 39.3 Å². The number of carboxylic acids is 1. The second-order valence-electron chi connectivity index (χ2n) is 6.13. The minimum Gasteiger partial charge on any atom is -0.481 e. The van der Waals surface area contributed by atoms with E-state index in [1.54, 1.807) is 12.2 Å². The number of aliphatic carboxylic acids is 1. The van der Waals surface area contributed by atoms with Crippen LogP contribution in [0.15, 0.2) is 24.3 Å². The van der Waals surface area contributed by atoms with E-state index < -0.39 is 18.2 Å². The molecule has 0 radical (unpaired) electrons. The first kappa shape index (κ1) is 19.6. The van der Waals surface area contributed by atoms with Crippen molar-refractivity contribution in [1.82, 2.24) is 0 Å². The van der Waals surface area contributed by atoms with Gasteiger partial charge < -0.3 is 15.3 Å². The first-order valence-electron chi connectivity index (χ1n) is 8.39. The number of aliphatic hydroxyl groups excluding tert-OH is 2. The van der Waals surface area contributed by atoms with Crippen LogP contribution < -0.4 is 0 Å². The van der Waals surface area contributed by atoms with Crippen molar-refractivity contribution in [3.05, 3.63) is 24.3 Å². The van der Waals surface area contributed by atoms with E-state index in [0.717, 1.165) is 6.42 Å². The van der Waals surface area contributed by atoms with E-state index in [1.165, 1.54) is 0 Å². The molecule has 1 aliphatic rings. The Bertz CT molecular complexity index is 441. The third-order valence-corrected chi connectivity index (χ3v) is 4.22. The quantitative estimate of drug-likeness (QED) is 0.424. The second-order valence-corrected chi connectivity index (χ2v) is 6.13. The number of hydrogen-bond donors (Lipinski definition) is 3. The van der Waals surface area contributed by atoms with E-state index in [-0.39, 0.29) is 30.5 Å². The lowest BCUT2D eigenvalue weighted by molar-refractivity contribution is -0.137. The molecule has 1 saturated carbocycles. The summed E-state index contributed by atoms with van der Waals surface area (Å²) < 4.78 is 0. The van der Waals surface area contributed by atoms with Crippen LogP contribution in [-0.2, 0) is 9.59 Å². The van der Waals surface area contributed by atoms with Gasteiger partial charge in [0.1, 0.15) is 5.78 Å². The number of carbonyl (C=O) groups is 2. The molecule has 0 saturated heterocycles. The van der Waals surface area contributed by atoms with Crippen molar-refractivity contribution in [2.75, 3.05) is 0 Å². The van der Waals surface area contributed by atoms with Gasteiger partial charge in [-0.25, -0.2) is 0 Å². The summed E-state index contributed by atoms with van der Waals surface area (Å²) in [7, 11) is 0. The van der Waals surface area contributed by atoms with Gasteiger partial charge in [0, 0.05) is 24.7 Å². The maximum Gasteiger partial charge on any atom is 0.303 e. The van der Waals surface area contributed by atoms with Crippen LogP contribution in [0.5, 0.6) is 0 Å². The van der Waals surface area contributed by atoms with Gasteiger partial charge in [0.25, 0.3) is 0 Å². The highest BCUT2D eigenvalue weighted by Gasteiger charge is 2.39. The summed E-state index contributed by atoms with van der Waals surface area (Å²) in [5, 5.41) is 28.6. The highest BCUT2D eigenvalue weighted by molar-refractivity contribution is 5.84. The minimum absolute atomic E-state index is 0.0304. The molecule has 0 unspecified atom stereocenters. The summed E-state index contributed by atoms with van der Waals surface area (Å²) in [4.78, 5) is 22.5. The second kappa shape index (κ2) is 10.3. The lowest BCUT2D eigenvalue weighted by Gasteiger charge is -2.17. The fourth-order valence-electron chi connectivity index (χ4n) is 2.97. The first-order chi connectivity index (χ1) is 11.0. The van der Waals surface area contributed by atoms with Gasteiger partial charge in [0.2, 0.25) is 0 Å². The van der Waals surface area contributed by atoms with Crippen molar-refractivity contribution in [3.63, 3.8) is 0 Å². The predicted octanol–water partition coefficient (Wildman–Crippen LogP) is 2.47. The van der Waals surface area contributed by atoms with Gasteiger partial charge in [-0.2, -0.15) is 0 Å². The van der Waals surface area contributed by atoms with Gasteiger partial charge in [-0.3, -0.25) is 9.59 Å². The van der Waals surface area contributed by atoms with Crippen LogP contribution in [0.3, 0.4) is 0 Å². The Kier molecular flexibility index (Phi) is 8.81. The van der Waals surface area contributed by atoms with E-state index >= 15 is 0 Å². The van der Waals surface area contributed by atoms with Crippen LogP contribution in [0.1, 0.15) is 51.9 Å². The van der Waals surface area contributed by atoms with Crippen molar-refractivity contribution in [2.24, 2.45) is 11.8 Å². The Hall–Kier alpha value is -1.46. The molecule has 0 aromatic rings. The number of carbonyl (C=O) groups excluding carboxylic acids is 1.